The van der Waals surface area contributed by atoms with Gasteiger partial charge >= 0.3 is 6.09 Å². The predicted molar refractivity (Wildman–Crippen MR) is 89.4 cm³/mol. The highest BCUT2D eigenvalue weighted by Gasteiger charge is 2.30. The highest BCUT2D eigenvalue weighted by atomic mass is 32.2. The molecule has 1 rings (SSSR count). The Bertz CT molecular complexity index is 726. The molecular formula is C14H16N2O5S2. The minimum Gasteiger partial charge on any atom is -0.465 e. The highest BCUT2D eigenvalue weighted by Crippen LogP contribution is 2.20. The average Bonchev–Trinajstić information content (AvgIpc) is 2.46. The number of nitrogens with one attached hydrogen (secondary N) is 1. The number of carbonyl (C=O) groups is 2. The van der Waals surface area contributed by atoms with E-state index in [-0.39, 0.29) is 22.9 Å². The van der Waals surface area contributed by atoms with Gasteiger partial charge in [0.25, 0.3) is 0 Å². The average molecular weight is 356 g/mol. The number of carbonyl (C=O) groups excluding carboxylic acids is 1. The number of carboxylic acid groups (broad SMARTS) is 1. The third-order valence-electron chi connectivity index (χ3n) is 2.80. The molecule has 1 aliphatic carbocycles. The van der Waals surface area contributed by atoms with E-state index in [0.717, 1.165) is 4.31 Å². The van der Waals surface area contributed by atoms with Crippen LogP contribution in [0.5, 0.6) is 0 Å². The first-order chi connectivity index (χ1) is 10.8. The highest BCUT2D eigenvalue weighted by molar-refractivity contribution is 7.96. The lowest BCUT2D eigenvalue weighted by atomic mass is 10.2. The van der Waals surface area contributed by atoms with Gasteiger partial charge in [0.1, 0.15) is 0 Å². The van der Waals surface area contributed by atoms with Crippen molar-refractivity contribution in [1.29, 1.82) is 0 Å². The van der Waals surface area contributed by atoms with E-state index in [2.05, 4.69) is 17.2 Å². The summed E-state index contributed by atoms with van der Waals surface area (Å²) in [4.78, 5) is 22.4. The van der Waals surface area contributed by atoms with E-state index in [0.29, 0.717) is 6.42 Å². The molecule has 0 aromatic carbocycles. The van der Waals surface area contributed by atoms with Crippen molar-refractivity contribution in [2.24, 2.45) is 0 Å². The lowest BCUT2D eigenvalue weighted by Gasteiger charge is -2.23. The van der Waals surface area contributed by atoms with Crippen LogP contribution in [-0.2, 0) is 14.8 Å². The molecule has 0 spiro atoms. The smallest absolute Gasteiger partial charge is 0.404 e. The number of hydrogen-bond acceptors (Lipinski definition) is 5. The Balaban J connectivity index is 3.04. The minimum atomic E-state index is -4.00. The number of nitrogens with zero attached hydrogens (tertiary/aromatic N) is 1. The van der Waals surface area contributed by atoms with Gasteiger partial charge in [-0.2, -0.15) is 4.31 Å². The molecule has 0 bridgehead atoms. The van der Waals surface area contributed by atoms with Gasteiger partial charge in [-0.1, -0.05) is 30.3 Å². The molecule has 1 aliphatic rings. The molecular weight excluding hydrogens is 340 g/mol. The van der Waals surface area contributed by atoms with E-state index in [1.807, 2.05) is 0 Å². The first kappa shape index (κ1) is 19.0. The Kier molecular flexibility index (Phi) is 7.09. The molecule has 0 atom stereocenters. The molecule has 0 heterocycles. The van der Waals surface area contributed by atoms with Crippen LogP contribution in [0.15, 0.2) is 23.1 Å². The number of Topliss-reactive ketones (excluding diaryl/α,β-unsaturated/α-hetero) is 1. The summed E-state index contributed by atoms with van der Waals surface area (Å²) in [5.41, 5.74) is 0. The maximum absolute atomic E-state index is 12.7. The van der Waals surface area contributed by atoms with Crippen molar-refractivity contribution in [3.63, 3.8) is 0 Å². The number of allylic oxidation sites excluding steroid dienone is 4. The van der Waals surface area contributed by atoms with Gasteiger partial charge in [-0.25, -0.2) is 13.2 Å². The molecule has 9 heteroatoms. The molecule has 0 fully saturated rings. The predicted octanol–water partition coefficient (Wildman–Crippen LogP) is 0.692. The van der Waals surface area contributed by atoms with Gasteiger partial charge in [-0.3, -0.25) is 4.79 Å². The van der Waals surface area contributed by atoms with E-state index >= 15 is 0 Å². The maximum Gasteiger partial charge on any atom is 0.404 e. The van der Waals surface area contributed by atoms with Gasteiger partial charge in [0.2, 0.25) is 15.8 Å². The summed E-state index contributed by atoms with van der Waals surface area (Å²) in [6.45, 7) is 0.646. The van der Waals surface area contributed by atoms with Crippen molar-refractivity contribution in [1.82, 2.24) is 9.62 Å². The Morgan fingerprint density at radius 1 is 1.48 bits per heavy atom. The normalized spacial score (nSPS) is 14.0. The number of ketones is 1. The van der Waals surface area contributed by atoms with Gasteiger partial charge in [0.15, 0.2) is 0 Å². The van der Waals surface area contributed by atoms with Crippen molar-refractivity contribution in [2.75, 3.05) is 19.6 Å². The van der Waals surface area contributed by atoms with Gasteiger partial charge in [0.05, 0.1) is 11.4 Å². The summed E-state index contributed by atoms with van der Waals surface area (Å²) in [5, 5.41) is 10.6. The van der Waals surface area contributed by atoms with Crippen LogP contribution >= 0.6 is 12.2 Å². The first-order valence-corrected chi connectivity index (χ1v) is 8.46. The van der Waals surface area contributed by atoms with Crippen LogP contribution in [0.25, 0.3) is 0 Å². The Hall–Kier alpha value is -2.02. The summed E-state index contributed by atoms with van der Waals surface area (Å²) in [5.74, 6) is 4.09. The Morgan fingerprint density at radius 2 is 2.17 bits per heavy atom. The van der Waals surface area contributed by atoms with E-state index in [9.17, 15) is 18.0 Å². The van der Waals surface area contributed by atoms with Crippen LogP contribution in [0.4, 0.5) is 4.79 Å². The molecule has 0 aliphatic heterocycles. The standard InChI is InChI=1S/C14H16N2O5S2/c1-2-5-11(17)10-16(9-8-15-14(18)19)23(20,21)13-7-4-3-6-12(13)22/h3-4,7,15H,6,8-10H2,1H3,(H,18,19). The minimum absolute atomic E-state index is 0.0532. The second-order valence-electron chi connectivity index (χ2n) is 4.46. The maximum atomic E-state index is 12.7. The second kappa shape index (κ2) is 8.57. The molecule has 7 nitrogen and oxygen atoms in total. The summed E-state index contributed by atoms with van der Waals surface area (Å²) < 4.78 is 26.2. The van der Waals surface area contributed by atoms with Crippen molar-refractivity contribution in [2.45, 2.75) is 13.3 Å². The Labute approximate surface area is 140 Å². The van der Waals surface area contributed by atoms with Crippen molar-refractivity contribution in [3.05, 3.63) is 23.1 Å². The summed E-state index contributed by atoms with van der Waals surface area (Å²) in [6.07, 6.45) is 3.71. The monoisotopic (exact) mass is 356 g/mol. The van der Waals surface area contributed by atoms with E-state index in [4.69, 9.17) is 17.3 Å². The molecule has 0 aromatic rings. The lowest BCUT2D eigenvalue weighted by Crippen LogP contribution is -2.42. The van der Waals surface area contributed by atoms with Crippen LogP contribution < -0.4 is 5.32 Å². The number of sulfonamides is 1. The summed E-state index contributed by atoms with van der Waals surface area (Å²) >= 11 is 5.07. The fraction of sp³-hybridized carbons (Fsp3) is 0.357. The number of amides is 1. The molecule has 2 N–H and O–H groups in total. The molecule has 1 amide bonds. The van der Waals surface area contributed by atoms with Crippen LogP contribution in [0, 0.1) is 11.8 Å². The van der Waals surface area contributed by atoms with Gasteiger partial charge in [-0.15, -0.1) is 0 Å². The zero-order valence-electron chi connectivity index (χ0n) is 12.4. The third-order valence-corrected chi connectivity index (χ3v) is 5.25. The van der Waals surface area contributed by atoms with Gasteiger partial charge < -0.3 is 10.4 Å². The molecule has 0 saturated carbocycles. The zero-order chi connectivity index (χ0) is 17.5. The van der Waals surface area contributed by atoms with Crippen LogP contribution in [0.3, 0.4) is 0 Å². The number of rotatable bonds is 7. The molecule has 124 valence electrons. The lowest BCUT2D eigenvalue weighted by molar-refractivity contribution is -0.114. The van der Waals surface area contributed by atoms with E-state index in [1.54, 1.807) is 12.2 Å². The Morgan fingerprint density at radius 3 is 2.74 bits per heavy atom. The van der Waals surface area contributed by atoms with Crippen LogP contribution in [-0.4, -0.2) is 54.2 Å². The molecule has 23 heavy (non-hydrogen) atoms. The fourth-order valence-corrected chi connectivity index (χ4v) is 3.80. The van der Waals surface area contributed by atoms with Crippen molar-refractivity contribution >= 4 is 39.0 Å². The third kappa shape index (κ3) is 5.59. The van der Waals surface area contributed by atoms with Gasteiger partial charge in [0, 0.05) is 24.4 Å². The van der Waals surface area contributed by atoms with Crippen molar-refractivity contribution in [3.8, 4) is 11.8 Å². The number of hydrogen-bond donors (Lipinski definition) is 2. The topological polar surface area (TPSA) is 104 Å². The van der Waals surface area contributed by atoms with Crippen LogP contribution in [0.2, 0.25) is 0 Å². The fourth-order valence-electron chi connectivity index (χ4n) is 1.80. The molecule has 0 radical (unpaired) electrons. The number of thiocarbonyl (C=S) groups is 1. The van der Waals surface area contributed by atoms with Crippen molar-refractivity contribution < 1.29 is 23.1 Å². The summed E-state index contributed by atoms with van der Waals surface area (Å²) in [7, 11) is -4.00. The van der Waals surface area contributed by atoms with E-state index in [1.165, 1.54) is 13.0 Å². The molecule has 0 aromatic heterocycles. The first-order valence-electron chi connectivity index (χ1n) is 6.61. The largest absolute Gasteiger partial charge is 0.465 e. The van der Waals surface area contributed by atoms with Gasteiger partial charge in [-0.05, 0) is 18.9 Å². The quantitative estimate of drug-likeness (QED) is 0.395. The SMILES string of the molecule is CC#CC(=O)CN(CCNC(=O)O)S(=O)(=O)C1=CC=CCC1=S. The second-order valence-corrected chi connectivity index (χ2v) is 6.85. The molecule has 0 saturated heterocycles. The van der Waals surface area contributed by atoms with Crippen LogP contribution in [0.1, 0.15) is 13.3 Å². The van der Waals surface area contributed by atoms with E-state index < -0.39 is 28.4 Å². The summed E-state index contributed by atoms with van der Waals surface area (Å²) in [6, 6.07) is 0. The zero-order valence-corrected chi connectivity index (χ0v) is 14.0. The molecule has 0 unspecified atom stereocenters.